The third kappa shape index (κ3) is 5.18. The molecule has 0 fully saturated rings. The fourth-order valence-corrected chi connectivity index (χ4v) is 2.81. The Hall–Kier alpha value is -1.31. The van der Waals surface area contributed by atoms with Gasteiger partial charge < -0.3 is 14.2 Å². The SMILES string of the molecule is CCOC(CN(c1ccccc1OC)S(C)(=O)=O)OCC. The molecule has 0 N–H and O–H groups in total. The fourth-order valence-electron chi connectivity index (χ4n) is 1.91. The Kier molecular flexibility index (Phi) is 6.94. The minimum Gasteiger partial charge on any atom is -0.495 e. The van der Waals surface area contributed by atoms with Crippen molar-refractivity contribution in [3.63, 3.8) is 0 Å². The molecule has 21 heavy (non-hydrogen) atoms. The quantitative estimate of drug-likeness (QED) is 0.651. The summed E-state index contributed by atoms with van der Waals surface area (Å²) in [7, 11) is -1.99. The van der Waals surface area contributed by atoms with Gasteiger partial charge in [0.15, 0.2) is 6.29 Å². The van der Waals surface area contributed by atoms with Crippen LogP contribution >= 0.6 is 0 Å². The van der Waals surface area contributed by atoms with Crippen LogP contribution in [0.3, 0.4) is 0 Å². The summed E-state index contributed by atoms with van der Waals surface area (Å²) in [6.07, 6.45) is 0.522. The maximum absolute atomic E-state index is 12.1. The molecule has 1 aromatic rings. The second-order valence-corrected chi connectivity index (χ2v) is 6.21. The van der Waals surface area contributed by atoms with Crippen molar-refractivity contribution in [1.82, 2.24) is 0 Å². The monoisotopic (exact) mass is 317 g/mol. The molecule has 0 amide bonds. The Balaban J connectivity index is 3.12. The molecule has 0 radical (unpaired) electrons. The molecule has 1 aromatic carbocycles. The highest BCUT2D eigenvalue weighted by Crippen LogP contribution is 2.29. The van der Waals surface area contributed by atoms with Gasteiger partial charge in [-0.05, 0) is 26.0 Å². The highest BCUT2D eigenvalue weighted by atomic mass is 32.2. The van der Waals surface area contributed by atoms with E-state index in [2.05, 4.69) is 0 Å². The summed E-state index contributed by atoms with van der Waals surface area (Å²) in [4.78, 5) is 0. The molecule has 0 aliphatic heterocycles. The van der Waals surface area contributed by atoms with Crippen molar-refractivity contribution >= 4 is 15.7 Å². The van der Waals surface area contributed by atoms with Crippen LogP contribution < -0.4 is 9.04 Å². The van der Waals surface area contributed by atoms with Gasteiger partial charge in [0, 0.05) is 13.2 Å². The maximum atomic E-state index is 12.1. The van der Waals surface area contributed by atoms with Crippen molar-refractivity contribution in [3.8, 4) is 5.75 Å². The molecule has 0 saturated heterocycles. The lowest BCUT2D eigenvalue weighted by atomic mass is 10.3. The standard InChI is InChI=1S/C14H23NO5S/c1-5-19-14(20-6-2)11-15(21(4,16)17)12-9-7-8-10-13(12)18-3/h7-10,14H,5-6,11H2,1-4H3. The molecule has 0 atom stereocenters. The molecule has 0 heterocycles. The highest BCUT2D eigenvalue weighted by molar-refractivity contribution is 7.92. The van der Waals surface area contributed by atoms with Crippen LogP contribution in [0.1, 0.15) is 13.8 Å². The van der Waals surface area contributed by atoms with Crippen LogP contribution in [0.5, 0.6) is 5.75 Å². The number of rotatable bonds is 9. The van der Waals surface area contributed by atoms with Crippen LogP contribution in [0.2, 0.25) is 0 Å². The van der Waals surface area contributed by atoms with E-state index in [1.165, 1.54) is 11.4 Å². The molecule has 0 unspecified atom stereocenters. The zero-order chi connectivity index (χ0) is 15.9. The number of benzene rings is 1. The zero-order valence-corrected chi connectivity index (χ0v) is 13.7. The van der Waals surface area contributed by atoms with E-state index >= 15 is 0 Å². The van der Waals surface area contributed by atoms with Crippen LogP contribution in [0.25, 0.3) is 0 Å². The van der Waals surface area contributed by atoms with E-state index in [0.717, 1.165) is 6.26 Å². The summed E-state index contributed by atoms with van der Waals surface area (Å²) >= 11 is 0. The minimum absolute atomic E-state index is 0.0703. The van der Waals surface area contributed by atoms with E-state index in [-0.39, 0.29) is 6.54 Å². The summed E-state index contributed by atoms with van der Waals surface area (Å²) in [5, 5.41) is 0. The molecule has 1 rings (SSSR count). The highest BCUT2D eigenvalue weighted by Gasteiger charge is 2.25. The summed E-state index contributed by atoms with van der Waals surface area (Å²) in [5.41, 5.74) is 0.465. The summed E-state index contributed by atoms with van der Waals surface area (Å²) in [6, 6.07) is 6.94. The number of hydrogen-bond acceptors (Lipinski definition) is 5. The molecule has 0 saturated carbocycles. The molecule has 0 spiro atoms. The fraction of sp³-hybridized carbons (Fsp3) is 0.571. The van der Waals surface area contributed by atoms with E-state index in [1.54, 1.807) is 24.3 Å². The van der Waals surface area contributed by atoms with Gasteiger partial charge >= 0.3 is 0 Å². The lowest BCUT2D eigenvalue weighted by molar-refractivity contribution is -0.128. The van der Waals surface area contributed by atoms with Crippen LogP contribution in [-0.4, -0.2) is 47.8 Å². The Morgan fingerprint density at radius 3 is 2.19 bits per heavy atom. The lowest BCUT2D eigenvalue weighted by Crippen LogP contribution is -2.39. The number of para-hydroxylation sites is 2. The molecular weight excluding hydrogens is 294 g/mol. The normalized spacial score (nSPS) is 11.7. The van der Waals surface area contributed by atoms with Gasteiger partial charge in [-0.3, -0.25) is 4.31 Å². The first-order valence-corrected chi connectivity index (χ1v) is 8.62. The van der Waals surface area contributed by atoms with E-state index in [9.17, 15) is 8.42 Å². The Bertz CT molecular complexity index is 526. The average molecular weight is 317 g/mol. The van der Waals surface area contributed by atoms with Gasteiger partial charge in [0.25, 0.3) is 0 Å². The predicted molar refractivity (Wildman–Crippen MR) is 82.2 cm³/mol. The predicted octanol–water partition coefficient (Wildman–Crippen LogP) is 1.86. The van der Waals surface area contributed by atoms with E-state index in [0.29, 0.717) is 24.7 Å². The number of methoxy groups -OCH3 is 1. The first-order chi connectivity index (χ1) is 9.93. The van der Waals surface area contributed by atoms with Gasteiger partial charge in [0.2, 0.25) is 10.0 Å². The van der Waals surface area contributed by atoms with E-state index in [4.69, 9.17) is 14.2 Å². The Morgan fingerprint density at radius 2 is 1.71 bits per heavy atom. The third-order valence-corrected chi connectivity index (χ3v) is 3.92. The molecule has 0 aromatic heterocycles. The lowest BCUT2D eigenvalue weighted by Gasteiger charge is -2.28. The molecule has 0 bridgehead atoms. The van der Waals surface area contributed by atoms with E-state index in [1.807, 2.05) is 13.8 Å². The molecular formula is C14H23NO5S. The maximum Gasteiger partial charge on any atom is 0.232 e. The molecule has 120 valence electrons. The number of anilines is 1. The van der Waals surface area contributed by atoms with Crippen molar-refractivity contribution < 1.29 is 22.6 Å². The van der Waals surface area contributed by atoms with Crippen molar-refractivity contribution in [1.29, 1.82) is 0 Å². The van der Waals surface area contributed by atoms with Gasteiger partial charge in [0.05, 0.1) is 25.6 Å². The van der Waals surface area contributed by atoms with Crippen molar-refractivity contribution in [2.75, 3.05) is 37.4 Å². The van der Waals surface area contributed by atoms with Gasteiger partial charge in [-0.25, -0.2) is 8.42 Å². The van der Waals surface area contributed by atoms with E-state index < -0.39 is 16.3 Å². The van der Waals surface area contributed by atoms with Gasteiger partial charge in [0.1, 0.15) is 5.75 Å². The summed E-state index contributed by atoms with van der Waals surface area (Å²) in [6.45, 7) is 4.61. The second kappa shape index (κ2) is 8.21. The molecule has 7 heteroatoms. The molecule has 6 nitrogen and oxygen atoms in total. The van der Waals surface area contributed by atoms with Crippen LogP contribution in [-0.2, 0) is 19.5 Å². The van der Waals surface area contributed by atoms with Crippen molar-refractivity contribution in [3.05, 3.63) is 24.3 Å². The number of hydrogen-bond donors (Lipinski definition) is 0. The Labute approximate surface area is 126 Å². The third-order valence-electron chi connectivity index (χ3n) is 2.77. The molecule has 0 aliphatic rings. The smallest absolute Gasteiger partial charge is 0.232 e. The summed E-state index contributed by atoms with van der Waals surface area (Å²) in [5.74, 6) is 0.481. The summed E-state index contributed by atoms with van der Waals surface area (Å²) < 4.78 is 41.5. The van der Waals surface area contributed by atoms with Crippen LogP contribution in [0, 0.1) is 0 Å². The Morgan fingerprint density at radius 1 is 1.14 bits per heavy atom. The number of ether oxygens (including phenoxy) is 3. The average Bonchev–Trinajstić information content (AvgIpc) is 2.44. The zero-order valence-electron chi connectivity index (χ0n) is 12.9. The first kappa shape index (κ1) is 17.7. The second-order valence-electron chi connectivity index (χ2n) is 4.31. The van der Waals surface area contributed by atoms with Crippen LogP contribution in [0.4, 0.5) is 5.69 Å². The van der Waals surface area contributed by atoms with Crippen LogP contribution in [0.15, 0.2) is 24.3 Å². The largest absolute Gasteiger partial charge is 0.495 e. The van der Waals surface area contributed by atoms with Gasteiger partial charge in [-0.1, -0.05) is 12.1 Å². The van der Waals surface area contributed by atoms with Gasteiger partial charge in [-0.2, -0.15) is 0 Å². The van der Waals surface area contributed by atoms with Gasteiger partial charge in [-0.15, -0.1) is 0 Å². The minimum atomic E-state index is -3.49. The topological polar surface area (TPSA) is 65.1 Å². The first-order valence-electron chi connectivity index (χ1n) is 6.77. The molecule has 0 aliphatic carbocycles. The van der Waals surface area contributed by atoms with Crippen molar-refractivity contribution in [2.24, 2.45) is 0 Å². The number of sulfonamides is 1. The van der Waals surface area contributed by atoms with Crippen molar-refractivity contribution in [2.45, 2.75) is 20.1 Å². The number of nitrogens with zero attached hydrogens (tertiary/aromatic N) is 1.